The molecule has 1 N–H and O–H groups in total. The Morgan fingerprint density at radius 3 is 2.61 bits per heavy atom. The first-order chi connectivity index (χ1) is 8.70. The summed E-state index contributed by atoms with van der Waals surface area (Å²) >= 11 is 0. The molecule has 1 aromatic carbocycles. The quantitative estimate of drug-likeness (QED) is 0.891. The van der Waals surface area contributed by atoms with Gasteiger partial charge in [0.1, 0.15) is 5.60 Å². The third-order valence-corrected chi connectivity index (χ3v) is 4.20. The summed E-state index contributed by atoms with van der Waals surface area (Å²) in [5.41, 5.74) is 3.31. The number of rotatable bonds is 3. The molecule has 0 radical (unpaired) electrons. The van der Waals surface area contributed by atoms with Gasteiger partial charge in [0.2, 0.25) is 0 Å². The number of hydrogen-bond acceptors (Lipinski definition) is 2. The molecule has 0 spiro atoms. The smallest absolute Gasteiger partial charge is 0.306 e. The first-order valence-corrected chi connectivity index (χ1v) is 6.68. The number of aryl methyl sites for hydroxylation is 2. The Labute approximate surface area is 107 Å². The van der Waals surface area contributed by atoms with Gasteiger partial charge >= 0.3 is 5.97 Å². The van der Waals surface area contributed by atoms with E-state index in [1.165, 1.54) is 24.0 Å². The summed E-state index contributed by atoms with van der Waals surface area (Å²) < 4.78 is 5.63. The van der Waals surface area contributed by atoms with Crippen molar-refractivity contribution in [3.8, 4) is 0 Å². The number of carbonyl (C=O) groups is 1. The summed E-state index contributed by atoms with van der Waals surface area (Å²) in [5.74, 6) is -0.785. The van der Waals surface area contributed by atoms with Gasteiger partial charge in [0.05, 0.1) is 13.0 Å². The van der Waals surface area contributed by atoms with E-state index in [-0.39, 0.29) is 6.42 Å². The number of hydrogen-bond donors (Lipinski definition) is 1. The van der Waals surface area contributed by atoms with E-state index in [9.17, 15) is 4.79 Å². The van der Waals surface area contributed by atoms with Crippen LogP contribution in [0.3, 0.4) is 0 Å². The normalized spacial score (nSPS) is 26.2. The van der Waals surface area contributed by atoms with Crippen molar-refractivity contribution in [2.24, 2.45) is 0 Å². The van der Waals surface area contributed by atoms with E-state index in [1.807, 2.05) is 0 Å². The largest absolute Gasteiger partial charge is 0.481 e. The third kappa shape index (κ3) is 1.93. The van der Waals surface area contributed by atoms with Crippen LogP contribution in [0.5, 0.6) is 0 Å². The Morgan fingerprint density at radius 2 is 2.00 bits per heavy atom. The van der Waals surface area contributed by atoms with Crippen molar-refractivity contribution in [2.45, 2.75) is 44.1 Å². The van der Waals surface area contributed by atoms with Crippen LogP contribution in [0.4, 0.5) is 0 Å². The van der Waals surface area contributed by atoms with Crippen molar-refractivity contribution in [1.82, 2.24) is 0 Å². The highest BCUT2D eigenvalue weighted by Gasteiger charge is 2.42. The van der Waals surface area contributed by atoms with Gasteiger partial charge in [-0.15, -0.1) is 0 Å². The minimum atomic E-state index is -0.785. The second-order valence-corrected chi connectivity index (χ2v) is 5.35. The lowest BCUT2D eigenvalue weighted by molar-refractivity contribution is -0.176. The second kappa shape index (κ2) is 4.39. The van der Waals surface area contributed by atoms with Crippen LogP contribution in [0, 0.1) is 0 Å². The molecule has 3 rings (SSSR count). The van der Waals surface area contributed by atoms with Crippen LogP contribution in [0.1, 0.15) is 42.4 Å². The van der Waals surface area contributed by atoms with Gasteiger partial charge in [-0.05, 0) is 42.4 Å². The van der Waals surface area contributed by atoms with Crippen LogP contribution in [0.2, 0.25) is 0 Å². The average Bonchev–Trinajstić information content (AvgIpc) is 2.33. The summed E-state index contributed by atoms with van der Waals surface area (Å²) in [6.45, 7) is 0.671. The summed E-state index contributed by atoms with van der Waals surface area (Å²) in [7, 11) is 0. The van der Waals surface area contributed by atoms with Crippen molar-refractivity contribution >= 4 is 5.97 Å². The van der Waals surface area contributed by atoms with Crippen molar-refractivity contribution < 1.29 is 14.6 Å². The zero-order valence-corrected chi connectivity index (χ0v) is 10.4. The van der Waals surface area contributed by atoms with Gasteiger partial charge in [-0.1, -0.05) is 18.2 Å². The van der Waals surface area contributed by atoms with E-state index >= 15 is 0 Å². The minimum absolute atomic E-state index is 0.0752. The Morgan fingerprint density at radius 1 is 1.28 bits per heavy atom. The predicted molar refractivity (Wildman–Crippen MR) is 67.6 cm³/mol. The molecule has 1 aromatic rings. The van der Waals surface area contributed by atoms with Crippen LogP contribution < -0.4 is 0 Å². The van der Waals surface area contributed by atoms with Crippen LogP contribution >= 0.6 is 0 Å². The minimum Gasteiger partial charge on any atom is -0.481 e. The molecule has 18 heavy (non-hydrogen) atoms. The van der Waals surface area contributed by atoms with Crippen LogP contribution in [-0.2, 0) is 28.0 Å². The zero-order valence-electron chi connectivity index (χ0n) is 10.4. The molecular weight excluding hydrogens is 228 g/mol. The average molecular weight is 246 g/mol. The molecule has 0 saturated carbocycles. The molecule has 1 unspecified atom stereocenters. The topological polar surface area (TPSA) is 46.5 Å². The highest BCUT2D eigenvalue weighted by atomic mass is 16.5. The number of aliphatic carboxylic acids is 1. The van der Waals surface area contributed by atoms with E-state index in [4.69, 9.17) is 9.84 Å². The molecule has 1 heterocycles. The summed E-state index contributed by atoms with van der Waals surface area (Å²) in [4.78, 5) is 11.0. The molecule has 0 bridgehead atoms. The van der Waals surface area contributed by atoms with E-state index in [2.05, 4.69) is 18.2 Å². The van der Waals surface area contributed by atoms with Crippen molar-refractivity contribution in [3.05, 3.63) is 34.9 Å². The maximum absolute atomic E-state index is 11.0. The molecule has 1 aliphatic heterocycles. The van der Waals surface area contributed by atoms with Gasteiger partial charge in [-0.2, -0.15) is 0 Å². The standard InChI is InChI=1S/C15H18O3/c16-14(17)10-15(7-8-18-15)13-6-5-11-3-1-2-4-12(11)9-13/h5-6,9H,1-4,7-8,10H2,(H,16,17). The summed E-state index contributed by atoms with van der Waals surface area (Å²) in [6, 6.07) is 6.40. The monoisotopic (exact) mass is 246 g/mol. The lowest BCUT2D eigenvalue weighted by atomic mass is 9.80. The predicted octanol–water partition coefficient (Wildman–Crippen LogP) is 2.66. The lowest BCUT2D eigenvalue weighted by Gasteiger charge is -2.41. The van der Waals surface area contributed by atoms with Crippen molar-refractivity contribution in [1.29, 1.82) is 0 Å². The van der Waals surface area contributed by atoms with Gasteiger partial charge < -0.3 is 9.84 Å². The second-order valence-electron chi connectivity index (χ2n) is 5.35. The highest BCUT2D eigenvalue weighted by Crippen LogP contribution is 2.41. The zero-order chi connectivity index (χ0) is 12.6. The molecule has 96 valence electrons. The lowest BCUT2D eigenvalue weighted by Crippen LogP contribution is -2.42. The van der Waals surface area contributed by atoms with Crippen molar-refractivity contribution in [3.63, 3.8) is 0 Å². The first kappa shape index (κ1) is 11.7. The Hall–Kier alpha value is -1.35. The number of benzene rings is 1. The van der Waals surface area contributed by atoms with Gasteiger partial charge in [-0.25, -0.2) is 0 Å². The maximum atomic E-state index is 11.0. The summed E-state index contributed by atoms with van der Waals surface area (Å²) in [6.07, 6.45) is 5.67. The number of fused-ring (bicyclic) bond motifs is 1. The Kier molecular flexibility index (Phi) is 2.86. The van der Waals surface area contributed by atoms with Gasteiger partial charge in [-0.3, -0.25) is 4.79 Å². The SMILES string of the molecule is O=C(O)CC1(c2ccc3c(c2)CCCC3)CCO1. The molecule has 1 aliphatic carbocycles. The van der Waals surface area contributed by atoms with E-state index < -0.39 is 11.6 Å². The number of carboxylic acid groups (broad SMARTS) is 1. The fraction of sp³-hybridized carbons (Fsp3) is 0.533. The molecule has 3 nitrogen and oxygen atoms in total. The van der Waals surface area contributed by atoms with Crippen LogP contribution in [0.15, 0.2) is 18.2 Å². The van der Waals surface area contributed by atoms with E-state index in [0.29, 0.717) is 6.61 Å². The van der Waals surface area contributed by atoms with Crippen molar-refractivity contribution in [2.75, 3.05) is 6.61 Å². The molecule has 1 atom stereocenters. The van der Waals surface area contributed by atoms with Gasteiger partial charge in [0.25, 0.3) is 0 Å². The van der Waals surface area contributed by atoms with Gasteiger partial charge in [0.15, 0.2) is 0 Å². The van der Waals surface area contributed by atoms with Crippen LogP contribution in [0.25, 0.3) is 0 Å². The number of carboxylic acids is 1. The Bertz CT molecular complexity index is 475. The molecular formula is C15H18O3. The number of ether oxygens (including phenoxy) is 1. The molecule has 1 saturated heterocycles. The first-order valence-electron chi connectivity index (χ1n) is 6.68. The fourth-order valence-corrected chi connectivity index (χ4v) is 3.08. The van der Waals surface area contributed by atoms with E-state index in [0.717, 1.165) is 24.8 Å². The van der Waals surface area contributed by atoms with Gasteiger partial charge in [0, 0.05) is 6.42 Å². The Balaban J connectivity index is 1.93. The third-order valence-electron chi connectivity index (χ3n) is 4.20. The molecule has 3 heteroatoms. The maximum Gasteiger partial charge on any atom is 0.306 e. The molecule has 1 fully saturated rings. The molecule has 0 aromatic heterocycles. The van der Waals surface area contributed by atoms with E-state index in [1.54, 1.807) is 0 Å². The van der Waals surface area contributed by atoms with Crippen LogP contribution in [-0.4, -0.2) is 17.7 Å². The highest BCUT2D eigenvalue weighted by molar-refractivity contribution is 5.69. The molecule has 0 amide bonds. The summed E-state index contributed by atoms with van der Waals surface area (Å²) in [5, 5.41) is 9.03. The fourth-order valence-electron chi connectivity index (χ4n) is 3.08. The molecule has 2 aliphatic rings.